The summed E-state index contributed by atoms with van der Waals surface area (Å²) < 4.78 is 5.34. The van der Waals surface area contributed by atoms with Gasteiger partial charge < -0.3 is 4.52 Å². The third kappa shape index (κ3) is 2.44. The molecule has 5 nitrogen and oxygen atoms in total. The zero-order valence-electron chi connectivity index (χ0n) is 13.4. The van der Waals surface area contributed by atoms with Gasteiger partial charge in [-0.15, -0.1) is 0 Å². The molecule has 3 aromatic rings. The van der Waals surface area contributed by atoms with E-state index in [1.165, 1.54) is 0 Å². The second-order valence-corrected chi connectivity index (χ2v) is 5.97. The van der Waals surface area contributed by atoms with Crippen molar-refractivity contribution in [2.75, 3.05) is 0 Å². The molecule has 1 atom stereocenters. The molecule has 0 spiro atoms. The molecule has 1 unspecified atom stereocenters. The van der Waals surface area contributed by atoms with E-state index in [0.717, 1.165) is 16.7 Å². The number of aliphatic imine (C=N–C) groups is 1. The lowest BCUT2D eigenvalue weighted by Gasteiger charge is -2.14. The van der Waals surface area contributed by atoms with Crippen LogP contribution in [0.4, 0.5) is 5.69 Å². The molecule has 1 aliphatic rings. The largest absolute Gasteiger partial charge is 0.338 e. The maximum atomic E-state index is 12.8. The summed E-state index contributed by atoms with van der Waals surface area (Å²) in [6.07, 6.45) is 1.58. The highest BCUT2D eigenvalue weighted by atomic mass is 16.5. The fourth-order valence-corrected chi connectivity index (χ4v) is 2.79. The Labute approximate surface area is 139 Å². The molecular weight excluding hydrogens is 302 g/mol. The Morgan fingerprint density at radius 2 is 1.88 bits per heavy atom. The van der Waals surface area contributed by atoms with Gasteiger partial charge in [0.15, 0.2) is 5.78 Å². The summed E-state index contributed by atoms with van der Waals surface area (Å²) >= 11 is 0. The van der Waals surface area contributed by atoms with Crippen LogP contribution in [0, 0.1) is 13.8 Å². The molecule has 1 aliphatic heterocycles. The number of carbonyl (C=O) groups is 1. The molecule has 24 heavy (non-hydrogen) atoms. The Kier molecular flexibility index (Phi) is 3.34. The van der Waals surface area contributed by atoms with E-state index in [1.807, 2.05) is 56.3 Å². The smallest absolute Gasteiger partial charge is 0.243 e. The van der Waals surface area contributed by atoms with Crippen LogP contribution in [0.1, 0.15) is 33.3 Å². The Morgan fingerprint density at radius 3 is 2.71 bits per heavy atom. The summed E-state index contributed by atoms with van der Waals surface area (Å²) in [5, 5.41) is 4.01. The van der Waals surface area contributed by atoms with Crippen molar-refractivity contribution in [1.82, 2.24) is 10.1 Å². The highest BCUT2D eigenvalue weighted by molar-refractivity contribution is 6.15. The van der Waals surface area contributed by atoms with Crippen molar-refractivity contribution in [3.05, 3.63) is 65.0 Å². The first kappa shape index (κ1) is 14.5. The van der Waals surface area contributed by atoms with Crippen molar-refractivity contribution in [3.8, 4) is 11.4 Å². The molecule has 4 rings (SSSR count). The van der Waals surface area contributed by atoms with E-state index in [0.29, 0.717) is 17.1 Å². The molecule has 0 aliphatic carbocycles. The summed E-state index contributed by atoms with van der Waals surface area (Å²) in [4.78, 5) is 21.5. The van der Waals surface area contributed by atoms with Crippen LogP contribution in [0.25, 0.3) is 11.4 Å². The SMILES string of the molecule is Cc1cccc(-c2noc(C3C=Nc4ccc(C)cc4C3=O)n2)c1. The van der Waals surface area contributed by atoms with E-state index in [-0.39, 0.29) is 11.7 Å². The van der Waals surface area contributed by atoms with Gasteiger partial charge in [-0.25, -0.2) is 0 Å². The lowest BCUT2D eigenvalue weighted by molar-refractivity contribution is 0.0971. The van der Waals surface area contributed by atoms with E-state index in [9.17, 15) is 4.79 Å². The standard InChI is InChI=1S/C19H15N3O2/c1-11-4-3-5-13(8-11)18-21-19(24-22-18)15-10-20-16-7-6-12(2)9-14(16)17(15)23/h3-10,15H,1-2H3. The fraction of sp³-hybridized carbons (Fsp3) is 0.158. The van der Waals surface area contributed by atoms with E-state index in [4.69, 9.17) is 4.52 Å². The van der Waals surface area contributed by atoms with Gasteiger partial charge in [-0.3, -0.25) is 9.79 Å². The van der Waals surface area contributed by atoms with Crippen LogP contribution >= 0.6 is 0 Å². The van der Waals surface area contributed by atoms with Gasteiger partial charge >= 0.3 is 0 Å². The minimum absolute atomic E-state index is 0.0665. The van der Waals surface area contributed by atoms with Crippen LogP contribution in [0.3, 0.4) is 0 Å². The van der Waals surface area contributed by atoms with Crippen molar-refractivity contribution >= 4 is 17.7 Å². The lowest BCUT2D eigenvalue weighted by Crippen LogP contribution is -2.18. The maximum Gasteiger partial charge on any atom is 0.243 e. The third-order valence-corrected chi connectivity index (χ3v) is 4.05. The predicted octanol–water partition coefficient (Wildman–Crippen LogP) is 4.04. The minimum Gasteiger partial charge on any atom is -0.338 e. The monoisotopic (exact) mass is 317 g/mol. The number of carbonyl (C=O) groups excluding carboxylic acids is 1. The number of fused-ring (bicyclic) bond motifs is 1. The fourth-order valence-electron chi connectivity index (χ4n) is 2.79. The first-order chi connectivity index (χ1) is 11.6. The number of benzene rings is 2. The van der Waals surface area contributed by atoms with Crippen LogP contribution in [-0.2, 0) is 0 Å². The number of ketones is 1. The van der Waals surface area contributed by atoms with Crippen molar-refractivity contribution in [1.29, 1.82) is 0 Å². The summed E-state index contributed by atoms with van der Waals surface area (Å²) in [5.41, 5.74) is 4.27. The second-order valence-electron chi connectivity index (χ2n) is 5.97. The summed E-state index contributed by atoms with van der Waals surface area (Å²) in [6, 6.07) is 13.5. The van der Waals surface area contributed by atoms with Gasteiger partial charge in [0.2, 0.25) is 11.7 Å². The van der Waals surface area contributed by atoms with Gasteiger partial charge in [0.25, 0.3) is 0 Å². The number of nitrogens with zero attached hydrogens (tertiary/aromatic N) is 3. The first-order valence-corrected chi connectivity index (χ1v) is 7.71. The Morgan fingerprint density at radius 1 is 1.04 bits per heavy atom. The molecule has 5 heteroatoms. The number of aryl methyl sites for hydroxylation is 2. The van der Waals surface area contributed by atoms with Crippen molar-refractivity contribution in [3.63, 3.8) is 0 Å². The molecule has 0 amide bonds. The van der Waals surface area contributed by atoms with Crippen LogP contribution in [0.2, 0.25) is 0 Å². The van der Waals surface area contributed by atoms with Crippen LogP contribution < -0.4 is 0 Å². The van der Waals surface area contributed by atoms with Gasteiger partial charge in [-0.1, -0.05) is 40.5 Å². The molecule has 0 fully saturated rings. The number of hydrogen-bond acceptors (Lipinski definition) is 5. The van der Waals surface area contributed by atoms with E-state index >= 15 is 0 Å². The van der Waals surface area contributed by atoms with Crippen molar-refractivity contribution < 1.29 is 9.32 Å². The van der Waals surface area contributed by atoms with Crippen molar-refractivity contribution in [2.45, 2.75) is 19.8 Å². The van der Waals surface area contributed by atoms with Crippen LogP contribution in [0.5, 0.6) is 0 Å². The molecule has 1 aromatic heterocycles. The number of aromatic nitrogens is 2. The Hall–Kier alpha value is -3.08. The molecular formula is C19H15N3O2. The molecule has 2 aromatic carbocycles. The first-order valence-electron chi connectivity index (χ1n) is 7.71. The number of hydrogen-bond donors (Lipinski definition) is 0. The summed E-state index contributed by atoms with van der Waals surface area (Å²) in [5.74, 6) is 0.0471. The predicted molar refractivity (Wildman–Crippen MR) is 90.9 cm³/mol. The molecule has 0 radical (unpaired) electrons. The molecule has 2 heterocycles. The van der Waals surface area contributed by atoms with Gasteiger partial charge in [0, 0.05) is 17.3 Å². The minimum atomic E-state index is -0.634. The van der Waals surface area contributed by atoms with Crippen molar-refractivity contribution in [2.24, 2.45) is 4.99 Å². The molecule has 0 N–H and O–H groups in total. The molecule has 0 saturated carbocycles. The van der Waals surface area contributed by atoms with Crippen LogP contribution in [-0.4, -0.2) is 22.1 Å². The molecule has 0 bridgehead atoms. The Balaban J connectivity index is 1.70. The van der Waals surface area contributed by atoms with E-state index in [2.05, 4.69) is 15.1 Å². The highest BCUT2D eigenvalue weighted by Gasteiger charge is 2.31. The number of rotatable bonds is 2. The highest BCUT2D eigenvalue weighted by Crippen LogP contribution is 2.31. The summed E-state index contributed by atoms with van der Waals surface area (Å²) in [7, 11) is 0. The average Bonchev–Trinajstić information content (AvgIpc) is 3.05. The number of Topliss-reactive ketones (excluding diaryl/α,β-unsaturated/α-hetero) is 1. The van der Waals surface area contributed by atoms with E-state index < -0.39 is 5.92 Å². The third-order valence-electron chi connectivity index (χ3n) is 4.05. The van der Waals surface area contributed by atoms with E-state index in [1.54, 1.807) is 6.21 Å². The lowest BCUT2D eigenvalue weighted by atomic mass is 9.93. The quantitative estimate of drug-likeness (QED) is 0.715. The summed E-state index contributed by atoms with van der Waals surface area (Å²) in [6.45, 7) is 3.95. The normalized spacial score (nSPS) is 16.2. The topological polar surface area (TPSA) is 68.3 Å². The average molecular weight is 317 g/mol. The Bertz CT molecular complexity index is 972. The molecule has 118 valence electrons. The second kappa shape index (κ2) is 5.53. The van der Waals surface area contributed by atoms with Gasteiger partial charge in [-0.05, 0) is 32.0 Å². The van der Waals surface area contributed by atoms with Gasteiger partial charge in [0.05, 0.1) is 5.69 Å². The van der Waals surface area contributed by atoms with Crippen LogP contribution in [0.15, 0.2) is 52.0 Å². The zero-order chi connectivity index (χ0) is 16.7. The van der Waals surface area contributed by atoms with Gasteiger partial charge in [0.1, 0.15) is 5.92 Å². The van der Waals surface area contributed by atoms with Gasteiger partial charge in [-0.2, -0.15) is 4.98 Å². The zero-order valence-corrected chi connectivity index (χ0v) is 13.4. The maximum absolute atomic E-state index is 12.8. The molecule has 0 saturated heterocycles.